The molecular weight excluding hydrogens is 294 g/mol. The van der Waals surface area contributed by atoms with E-state index in [0.717, 1.165) is 11.4 Å². The van der Waals surface area contributed by atoms with E-state index in [9.17, 15) is 4.79 Å². The van der Waals surface area contributed by atoms with Crippen LogP contribution in [-0.4, -0.2) is 33.0 Å². The fraction of sp³-hybridized carbons (Fsp3) is 0.278. The Labute approximate surface area is 136 Å². The van der Waals surface area contributed by atoms with Gasteiger partial charge in [0.15, 0.2) is 0 Å². The lowest BCUT2D eigenvalue weighted by Crippen LogP contribution is -2.24. The zero-order valence-corrected chi connectivity index (χ0v) is 13.4. The molecule has 0 atom stereocenters. The Hall–Kier alpha value is -2.69. The highest BCUT2D eigenvalue weighted by Crippen LogP contribution is 2.20. The van der Waals surface area contributed by atoms with Gasteiger partial charge in [-0.1, -0.05) is 24.3 Å². The number of rotatable bonds is 7. The van der Waals surface area contributed by atoms with Crippen LogP contribution in [0.1, 0.15) is 6.92 Å². The first kappa shape index (κ1) is 16.7. The zero-order chi connectivity index (χ0) is 16.5. The molecule has 0 aromatic heterocycles. The lowest BCUT2D eigenvalue weighted by molar-refractivity contribution is 0.102. The Morgan fingerprint density at radius 3 is 2.52 bits per heavy atom. The maximum Gasteiger partial charge on any atom is 0.513 e. The SMILES string of the molecule is CCOc1cccc(N(C)CCOC(=O)Oc2ccccc2)c1. The number of likely N-dealkylation sites (N-methyl/N-ethyl adjacent to an activating group) is 1. The molecular formula is C18H21NO4. The maximum atomic E-state index is 11.6. The average Bonchev–Trinajstić information content (AvgIpc) is 2.56. The molecule has 23 heavy (non-hydrogen) atoms. The highest BCUT2D eigenvalue weighted by atomic mass is 16.7. The van der Waals surface area contributed by atoms with Gasteiger partial charge in [0, 0.05) is 18.8 Å². The standard InChI is InChI=1S/C18H21NO4/c1-3-21-17-11-7-8-15(14-17)19(2)12-13-22-18(20)23-16-9-5-4-6-10-16/h4-11,14H,3,12-13H2,1-2H3. The Bertz CT molecular complexity index is 615. The number of hydrogen-bond acceptors (Lipinski definition) is 5. The van der Waals surface area contributed by atoms with Crippen molar-refractivity contribution in [1.29, 1.82) is 0 Å². The third-order valence-electron chi connectivity index (χ3n) is 3.16. The van der Waals surface area contributed by atoms with Crippen LogP contribution in [0.3, 0.4) is 0 Å². The molecule has 0 saturated carbocycles. The van der Waals surface area contributed by atoms with Gasteiger partial charge in [-0.05, 0) is 31.2 Å². The molecule has 0 aliphatic carbocycles. The van der Waals surface area contributed by atoms with E-state index < -0.39 is 6.16 Å². The third kappa shape index (κ3) is 5.54. The number of nitrogens with zero attached hydrogens (tertiary/aromatic N) is 1. The minimum Gasteiger partial charge on any atom is -0.494 e. The Morgan fingerprint density at radius 2 is 1.78 bits per heavy atom. The van der Waals surface area contributed by atoms with E-state index >= 15 is 0 Å². The molecule has 0 N–H and O–H groups in total. The minimum absolute atomic E-state index is 0.237. The van der Waals surface area contributed by atoms with Gasteiger partial charge in [0.1, 0.15) is 18.1 Å². The Morgan fingerprint density at radius 1 is 1.04 bits per heavy atom. The molecule has 2 aromatic rings. The van der Waals surface area contributed by atoms with Gasteiger partial charge >= 0.3 is 6.16 Å². The Balaban J connectivity index is 1.77. The predicted molar refractivity (Wildman–Crippen MR) is 89.3 cm³/mol. The molecule has 5 heteroatoms. The van der Waals surface area contributed by atoms with Crippen molar-refractivity contribution >= 4 is 11.8 Å². The molecule has 0 spiro atoms. The minimum atomic E-state index is -0.701. The first-order valence-corrected chi connectivity index (χ1v) is 7.52. The summed E-state index contributed by atoms with van der Waals surface area (Å²) in [5.74, 6) is 1.29. The molecule has 0 unspecified atom stereocenters. The van der Waals surface area contributed by atoms with Crippen LogP contribution >= 0.6 is 0 Å². The van der Waals surface area contributed by atoms with E-state index in [0.29, 0.717) is 18.9 Å². The second-order valence-corrected chi connectivity index (χ2v) is 4.87. The summed E-state index contributed by atoms with van der Waals surface area (Å²) in [6.45, 7) is 3.37. The van der Waals surface area contributed by atoms with Crippen molar-refractivity contribution in [3.63, 3.8) is 0 Å². The van der Waals surface area contributed by atoms with E-state index in [4.69, 9.17) is 14.2 Å². The van der Waals surface area contributed by atoms with Crippen LogP contribution in [-0.2, 0) is 4.74 Å². The van der Waals surface area contributed by atoms with Crippen molar-refractivity contribution in [2.45, 2.75) is 6.92 Å². The summed E-state index contributed by atoms with van der Waals surface area (Å²) in [4.78, 5) is 13.6. The summed E-state index contributed by atoms with van der Waals surface area (Å²) in [5, 5.41) is 0. The van der Waals surface area contributed by atoms with Crippen LogP contribution in [0, 0.1) is 0 Å². The molecule has 0 aliphatic heterocycles. The van der Waals surface area contributed by atoms with Gasteiger partial charge in [0.2, 0.25) is 0 Å². The van der Waals surface area contributed by atoms with Crippen LogP contribution in [0.25, 0.3) is 0 Å². The lowest BCUT2D eigenvalue weighted by Gasteiger charge is -2.19. The summed E-state index contributed by atoms with van der Waals surface area (Å²) in [5.41, 5.74) is 0.996. The Kier molecular flexibility index (Phi) is 6.29. The van der Waals surface area contributed by atoms with Crippen LogP contribution < -0.4 is 14.4 Å². The van der Waals surface area contributed by atoms with E-state index in [1.807, 2.05) is 49.2 Å². The number of ether oxygens (including phenoxy) is 3. The smallest absolute Gasteiger partial charge is 0.494 e. The van der Waals surface area contributed by atoms with Gasteiger partial charge in [-0.25, -0.2) is 4.79 Å². The highest BCUT2D eigenvalue weighted by molar-refractivity contribution is 5.63. The van der Waals surface area contributed by atoms with Crippen molar-refractivity contribution in [2.24, 2.45) is 0 Å². The number of para-hydroxylation sites is 1. The number of carbonyl (C=O) groups excluding carboxylic acids is 1. The van der Waals surface area contributed by atoms with E-state index in [2.05, 4.69) is 0 Å². The zero-order valence-electron chi connectivity index (χ0n) is 13.4. The van der Waals surface area contributed by atoms with Gasteiger partial charge in [0.25, 0.3) is 0 Å². The molecule has 0 heterocycles. The fourth-order valence-corrected chi connectivity index (χ4v) is 1.99. The molecule has 2 rings (SSSR count). The third-order valence-corrected chi connectivity index (χ3v) is 3.16. The monoisotopic (exact) mass is 315 g/mol. The number of anilines is 1. The highest BCUT2D eigenvalue weighted by Gasteiger charge is 2.07. The van der Waals surface area contributed by atoms with Gasteiger partial charge in [-0.2, -0.15) is 0 Å². The van der Waals surface area contributed by atoms with Gasteiger partial charge in [-0.3, -0.25) is 0 Å². The van der Waals surface area contributed by atoms with Crippen molar-refractivity contribution in [3.05, 3.63) is 54.6 Å². The first-order chi connectivity index (χ1) is 11.2. The number of hydrogen-bond donors (Lipinski definition) is 0. The van der Waals surface area contributed by atoms with Crippen LogP contribution in [0.4, 0.5) is 10.5 Å². The first-order valence-electron chi connectivity index (χ1n) is 7.52. The topological polar surface area (TPSA) is 48.0 Å². The summed E-state index contributed by atoms with van der Waals surface area (Å²) in [6.07, 6.45) is -0.701. The molecule has 0 aliphatic rings. The quantitative estimate of drug-likeness (QED) is 0.575. The van der Waals surface area contributed by atoms with Crippen molar-refractivity contribution in [3.8, 4) is 11.5 Å². The summed E-state index contributed by atoms with van der Waals surface area (Å²) < 4.78 is 15.6. The summed E-state index contributed by atoms with van der Waals surface area (Å²) >= 11 is 0. The predicted octanol–water partition coefficient (Wildman–Crippen LogP) is 3.74. The summed E-state index contributed by atoms with van der Waals surface area (Å²) in [6, 6.07) is 16.6. The molecule has 122 valence electrons. The van der Waals surface area contributed by atoms with E-state index in [1.54, 1.807) is 24.3 Å². The largest absolute Gasteiger partial charge is 0.513 e. The molecule has 0 saturated heterocycles. The second-order valence-electron chi connectivity index (χ2n) is 4.87. The molecule has 0 bridgehead atoms. The van der Waals surface area contributed by atoms with Crippen LogP contribution in [0.15, 0.2) is 54.6 Å². The molecule has 0 fully saturated rings. The fourth-order valence-electron chi connectivity index (χ4n) is 1.99. The van der Waals surface area contributed by atoms with Gasteiger partial charge < -0.3 is 19.1 Å². The number of carbonyl (C=O) groups is 1. The van der Waals surface area contributed by atoms with Crippen LogP contribution in [0.5, 0.6) is 11.5 Å². The maximum absolute atomic E-state index is 11.6. The van der Waals surface area contributed by atoms with E-state index in [-0.39, 0.29) is 6.61 Å². The van der Waals surface area contributed by atoms with Crippen LogP contribution in [0.2, 0.25) is 0 Å². The van der Waals surface area contributed by atoms with Crippen molar-refractivity contribution in [2.75, 3.05) is 31.7 Å². The summed E-state index contributed by atoms with van der Waals surface area (Å²) in [7, 11) is 1.93. The van der Waals surface area contributed by atoms with Crippen molar-refractivity contribution in [1.82, 2.24) is 0 Å². The molecule has 2 aromatic carbocycles. The van der Waals surface area contributed by atoms with Gasteiger partial charge in [0.05, 0.1) is 13.2 Å². The van der Waals surface area contributed by atoms with E-state index in [1.165, 1.54) is 0 Å². The van der Waals surface area contributed by atoms with Gasteiger partial charge in [-0.15, -0.1) is 0 Å². The number of benzene rings is 2. The average molecular weight is 315 g/mol. The second kappa shape index (κ2) is 8.68. The lowest BCUT2D eigenvalue weighted by atomic mass is 10.3. The molecule has 5 nitrogen and oxygen atoms in total. The molecule has 0 amide bonds. The normalized spacial score (nSPS) is 10.0. The van der Waals surface area contributed by atoms with Crippen molar-refractivity contribution < 1.29 is 19.0 Å². The molecule has 0 radical (unpaired) electrons.